The third-order valence-corrected chi connectivity index (χ3v) is 6.91. The van der Waals surface area contributed by atoms with E-state index in [0.29, 0.717) is 37.2 Å². The van der Waals surface area contributed by atoms with Gasteiger partial charge in [0.2, 0.25) is 0 Å². The Morgan fingerprint density at radius 3 is 2.45 bits per heavy atom. The Morgan fingerprint density at radius 1 is 1.08 bits per heavy atom. The van der Waals surface area contributed by atoms with Crippen LogP contribution in [0.3, 0.4) is 0 Å². The van der Waals surface area contributed by atoms with Gasteiger partial charge in [-0.15, -0.1) is 0 Å². The molecule has 198 valence electrons. The summed E-state index contributed by atoms with van der Waals surface area (Å²) in [6.45, 7) is 3.16. The zero-order valence-corrected chi connectivity index (χ0v) is 21.9. The summed E-state index contributed by atoms with van der Waals surface area (Å²) in [4.78, 5) is 43.1. The molecule has 0 saturated carbocycles. The predicted molar refractivity (Wildman–Crippen MR) is 147 cm³/mol. The van der Waals surface area contributed by atoms with Gasteiger partial charge in [-0.2, -0.15) is 0 Å². The maximum Gasteiger partial charge on any atom is 0.407 e. The Morgan fingerprint density at radius 2 is 1.76 bits per heavy atom. The van der Waals surface area contributed by atoms with Crippen LogP contribution in [-0.2, 0) is 11.3 Å². The molecule has 3 N–H and O–H groups in total. The van der Waals surface area contributed by atoms with Gasteiger partial charge in [-0.25, -0.2) is 9.59 Å². The lowest BCUT2D eigenvalue weighted by molar-refractivity contribution is 0.0521. The molecule has 3 aromatic rings. The number of amides is 2. The van der Waals surface area contributed by atoms with Gasteiger partial charge in [0, 0.05) is 24.8 Å². The maximum absolute atomic E-state index is 12.9. The van der Waals surface area contributed by atoms with Crippen LogP contribution in [0.25, 0.3) is 0 Å². The monoisotopic (exact) mass is 534 g/mol. The lowest BCUT2D eigenvalue weighted by atomic mass is 9.86. The number of aromatic nitrogens is 1. The van der Waals surface area contributed by atoms with Gasteiger partial charge in [0.15, 0.2) is 5.11 Å². The Balaban J connectivity index is 1.64. The minimum Gasteiger partial charge on any atom is -0.465 e. The van der Waals surface area contributed by atoms with Crippen LogP contribution in [0.4, 0.5) is 10.5 Å². The van der Waals surface area contributed by atoms with Crippen molar-refractivity contribution in [1.82, 2.24) is 15.2 Å². The van der Waals surface area contributed by atoms with E-state index in [-0.39, 0.29) is 35.8 Å². The summed E-state index contributed by atoms with van der Waals surface area (Å²) >= 11 is 5.71. The molecule has 0 spiro atoms. The number of anilines is 1. The fourth-order valence-electron chi connectivity index (χ4n) is 4.67. The molecule has 0 unspecified atom stereocenters. The SMILES string of the molecule is CCOC(=O)c1[nH]ccc1N(Cc1ccccc1C1CCN(C(=O)O)CC1)C(=S)NC(=O)c1ccccc1. The van der Waals surface area contributed by atoms with Gasteiger partial charge in [-0.05, 0) is 67.2 Å². The van der Waals surface area contributed by atoms with Crippen molar-refractivity contribution in [3.63, 3.8) is 0 Å². The molecule has 4 rings (SSSR count). The first-order valence-corrected chi connectivity index (χ1v) is 12.9. The van der Waals surface area contributed by atoms with Crippen molar-refractivity contribution in [2.45, 2.75) is 32.2 Å². The summed E-state index contributed by atoms with van der Waals surface area (Å²) in [5.74, 6) is -0.709. The van der Waals surface area contributed by atoms with Crippen molar-refractivity contribution >= 4 is 41.0 Å². The van der Waals surface area contributed by atoms with Gasteiger partial charge in [0.05, 0.1) is 18.8 Å². The fourth-order valence-corrected chi connectivity index (χ4v) is 4.93. The molecular formula is C28H30N4O5S. The fraction of sp³-hybridized carbons (Fsp3) is 0.286. The number of esters is 1. The number of thiocarbonyl (C=S) groups is 1. The van der Waals surface area contributed by atoms with Crippen LogP contribution in [0.15, 0.2) is 66.9 Å². The summed E-state index contributed by atoms with van der Waals surface area (Å²) in [7, 11) is 0. The molecule has 1 aromatic heterocycles. The highest BCUT2D eigenvalue weighted by atomic mass is 32.1. The Labute approximate surface area is 226 Å². The molecule has 9 nitrogen and oxygen atoms in total. The number of carbonyl (C=O) groups excluding carboxylic acids is 2. The summed E-state index contributed by atoms with van der Waals surface area (Å²) in [6.07, 6.45) is 2.14. The molecule has 2 heterocycles. The zero-order chi connectivity index (χ0) is 27.1. The molecular weight excluding hydrogens is 504 g/mol. The lowest BCUT2D eigenvalue weighted by Crippen LogP contribution is -2.43. The predicted octanol–water partition coefficient (Wildman–Crippen LogP) is 4.77. The molecule has 1 fully saturated rings. The average Bonchev–Trinajstić information content (AvgIpc) is 3.42. The largest absolute Gasteiger partial charge is 0.465 e. The molecule has 38 heavy (non-hydrogen) atoms. The van der Waals surface area contributed by atoms with Gasteiger partial charge in [-0.1, -0.05) is 42.5 Å². The second-order valence-corrected chi connectivity index (χ2v) is 9.30. The van der Waals surface area contributed by atoms with E-state index < -0.39 is 12.1 Å². The number of carbonyl (C=O) groups is 3. The van der Waals surface area contributed by atoms with Crippen LogP contribution < -0.4 is 10.2 Å². The summed E-state index contributed by atoms with van der Waals surface area (Å²) in [5.41, 5.74) is 3.23. The van der Waals surface area contributed by atoms with E-state index in [1.165, 1.54) is 4.90 Å². The first kappa shape index (κ1) is 26.9. The molecule has 0 atom stereocenters. The number of benzene rings is 2. The lowest BCUT2D eigenvalue weighted by Gasteiger charge is -2.32. The van der Waals surface area contributed by atoms with Gasteiger partial charge < -0.3 is 24.6 Å². The Kier molecular flexibility index (Phi) is 8.75. The average molecular weight is 535 g/mol. The number of H-pyrrole nitrogens is 1. The third-order valence-electron chi connectivity index (χ3n) is 6.59. The number of aromatic amines is 1. The summed E-state index contributed by atoms with van der Waals surface area (Å²) in [6, 6.07) is 18.4. The molecule has 1 aliphatic rings. The standard InChI is InChI=1S/C28H30N4O5S/c1-2-37-26(34)24-23(12-15-29-24)32(27(38)30-25(33)20-8-4-3-5-9-20)18-21-10-6-7-11-22(21)19-13-16-31(17-14-19)28(35)36/h3-12,15,19,29H,2,13-14,16-18H2,1H3,(H,35,36)(H,30,33,38). The molecule has 10 heteroatoms. The number of ether oxygens (including phenoxy) is 1. The number of nitrogens with zero attached hydrogens (tertiary/aromatic N) is 2. The number of piperidine rings is 1. The van der Waals surface area contributed by atoms with E-state index in [4.69, 9.17) is 17.0 Å². The number of likely N-dealkylation sites (tertiary alicyclic amines) is 1. The Bertz CT molecular complexity index is 1300. The topological polar surface area (TPSA) is 115 Å². The van der Waals surface area contributed by atoms with Crippen molar-refractivity contribution in [3.8, 4) is 0 Å². The summed E-state index contributed by atoms with van der Waals surface area (Å²) in [5, 5.41) is 12.3. The molecule has 0 aliphatic carbocycles. The van der Waals surface area contributed by atoms with Crippen molar-refractivity contribution in [1.29, 1.82) is 0 Å². The van der Waals surface area contributed by atoms with Crippen molar-refractivity contribution in [3.05, 3.63) is 89.2 Å². The van der Waals surface area contributed by atoms with Crippen LogP contribution in [0.1, 0.15) is 57.7 Å². The maximum atomic E-state index is 12.9. The number of hydrogen-bond donors (Lipinski definition) is 3. The molecule has 0 bridgehead atoms. The van der Waals surface area contributed by atoms with Crippen LogP contribution >= 0.6 is 12.2 Å². The van der Waals surface area contributed by atoms with Crippen molar-refractivity contribution in [2.75, 3.05) is 24.6 Å². The third kappa shape index (κ3) is 6.20. The first-order chi connectivity index (χ1) is 18.4. The second kappa shape index (κ2) is 12.4. The minimum absolute atomic E-state index is 0.138. The molecule has 1 saturated heterocycles. The van der Waals surface area contributed by atoms with Crippen LogP contribution in [0, 0.1) is 0 Å². The van der Waals surface area contributed by atoms with Crippen LogP contribution in [0.5, 0.6) is 0 Å². The smallest absolute Gasteiger partial charge is 0.407 e. The highest BCUT2D eigenvalue weighted by molar-refractivity contribution is 7.80. The summed E-state index contributed by atoms with van der Waals surface area (Å²) < 4.78 is 5.23. The molecule has 1 aliphatic heterocycles. The number of carboxylic acid groups (broad SMARTS) is 1. The van der Waals surface area contributed by atoms with E-state index in [0.717, 1.165) is 11.1 Å². The van der Waals surface area contributed by atoms with E-state index in [1.54, 1.807) is 48.4 Å². The highest BCUT2D eigenvalue weighted by Gasteiger charge is 2.28. The van der Waals surface area contributed by atoms with E-state index in [9.17, 15) is 19.5 Å². The van der Waals surface area contributed by atoms with Crippen molar-refractivity contribution < 1.29 is 24.2 Å². The number of hydrogen-bond acceptors (Lipinski definition) is 5. The highest BCUT2D eigenvalue weighted by Crippen LogP contribution is 2.32. The quantitative estimate of drug-likeness (QED) is 0.295. The molecule has 2 aromatic carbocycles. The second-order valence-electron chi connectivity index (χ2n) is 8.91. The number of nitrogens with one attached hydrogen (secondary N) is 2. The van der Waals surface area contributed by atoms with E-state index in [1.807, 2.05) is 30.3 Å². The van der Waals surface area contributed by atoms with Crippen molar-refractivity contribution in [2.24, 2.45) is 0 Å². The Hall–Kier alpha value is -4.18. The molecule has 0 radical (unpaired) electrons. The van der Waals surface area contributed by atoms with Gasteiger partial charge in [0.1, 0.15) is 5.69 Å². The number of rotatable bonds is 7. The molecule has 2 amide bonds. The normalized spacial score (nSPS) is 13.6. The van der Waals surface area contributed by atoms with Gasteiger partial charge in [-0.3, -0.25) is 10.1 Å². The van der Waals surface area contributed by atoms with Crippen LogP contribution in [0.2, 0.25) is 0 Å². The van der Waals surface area contributed by atoms with E-state index in [2.05, 4.69) is 10.3 Å². The zero-order valence-electron chi connectivity index (χ0n) is 21.1. The minimum atomic E-state index is -0.902. The first-order valence-electron chi connectivity index (χ1n) is 12.5. The van der Waals surface area contributed by atoms with Gasteiger partial charge in [0.25, 0.3) is 5.91 Å². The van der Waals surface area contributed by atoms with Crippen LogP contribution in [-0.4, -0.2) is 57.8 Å². The van der Waals surface area contributed by atoms with Gasteiger partial charge >= 0.3 is 12.1 Å². The van der Waals surface area contributed by atoms with E-state index >= 15 is 0 Å².